The number of hydrogen-bond donors (Lipinski definition) is 0. The summed E-state index contributed by atoms with van der Waals surface area (Å²) >= 11 is 14.9. The van der Waals surface area contributed by atoms with Gasteiger partial charge in [0.1, 0.15) is 5.01 Å². The molecule has 0 radical (unpaired) electrons. The van der Waals surface area contributed by atoms with Crippen molar-refractivity contribution in [2.75, 3.05) is 0 Å². The standard InChI is InChI=1S/C14H8Br2ClNS/c15-7-8-1-4-12-13(5-8)19-14(18-12)10-6-9(16)2-3-11(10)17/h1-6H,7H2. The Hall–Kier alpha value is -0.420. The smallest absolute Gasteiger partial charge is 0.126 e. The number of thiazole rings is 1. The molecule has 1 nitrogen and oxygen atoms in total. The van der Waals surface area contributed by atoms with Crippen molar-refractivity contribution < 1.29 is 0 Å². The Morgan fingerprint density at radius 1 is 1.16 bits per heavy atom. The first kappa shape index (κ1) is 13.6. The Balaban J connectivity index is 2.17. The Kier molecular flexibility index (Phi) is 3.94. The number of fused-ring (bicyclic) bond motifs is 1. The third-order valence-electron chi connectivity index (χ3n) is 2.77. The van der Waals surface area contributed by atoms with E-state index in [9.17, 15) is 0 Å². The molecule has 0 bridgehead atoms. The van der Waals surface area contributed by atoms with E-state index in [-0.39, 0.29) is 0 Å². The lowest BCUT2D eigenvalue weighted by Gasteiger charge is -2.00. The molecule has 19 heavy (non-hydrogen) atoms. The Morgan fingerprint density at radius 3 is 2.79 bits per heavy atom. The number of alkyl halides is 1. The molecular formula is C14H8Br2ClNS. The van der Waals surface area contributed by atoms with Crippen LogP contribution in [0.15, 0.2) is 40.9 Å². The van der Waals surface area contributed by atoms with Crippen molar-refractivity contribution in [3.05, 3.63) is 51.5 Å². The molecule has 0 N–H and O–H groups in total. The van der Waals surface area contributed by atoms with Crippen LogP contribution in [-0.2, 0) is 5.33 Å². The molecule has 0 aliphatic rings. The molecule has 1 heterocycles. The second kappa shape index (κ2) is 5.52. The monoisotopic (exact) mass is 415 g/mol. The van der Waals surface area contributed by atoms with E-state index in [1.165, 1.54) is 10.3 Å². The quantitative estimate of drug-likeness (QED) is 0.448. The average molecular weight is 418 g/mol. The zero-order valence-electron chi connectivity index (χ0n) is 9.66. The number of benzene rings is 2. The summed E-state index contributed by atoms with van der Waals surface area (Å²) in [6.07, 6.45) is 0. The van der Waals surface area contributed by atoms with Gasteiger partial charge in [0.25, 0.3) is 0 Å². The highest BCUT2D eigenvalue weighted by Crippen LogP contribution is 2.36. The Morgan fingerprint density at radius 2 is 2.00 bits per heavy atom. The van der Waals surface area contributed by atoms with Gasteiger partial charge < -0.3 is 0 Å². The average Bonchev–Trinajstić information content (AvgIpc) is 2.83. The van der Waals surface area contributed by atoms with E-state index in [1.54, 1.807) is 11.3 Å². The third kappa shape index (κ3) is 2.72. The largest absolute Gasteiger partial charge is 0.236 e. The topological polar surface area (TPSA) is 12.9 Å². The van der Waals surface area contributed by atoms with Gasteiger partial charge in [-0.3, -0.25) is 0 Å². The molecule has 0 amide bonds. The fourth-order valence-corrected chi connectivity index (χ4v) is 3.86. The predicted molar refractivity (Wildman–Crippen MR) is 90.4 cm³/mol. The fraction of sp³-hybridized carbons (Fsp3) is 0.0714. The first-order valence-corrected chi connectivity index (χ1v) is 8.69. The zero-order chi connectivity index (χ0) is 13.4. The molecule has 5 heteroatoms. The summed E-state index contributed by atoms with van der Waals surface area (Å²) in [5.41, 5.74) is 3.24. The van der Waals surface area contributed by atoms with Crippen LogP contribution >= 0.6 is 54.8 Å². The molecule has 3 aromatic rings. The predicted octanol–water partition coefficient (Wildman–Crippen LogP) is 6.27. The van der Waals surface area contributed by atoms with Crippen molar-refractivity contribution in [1.29, 1.82) is 0 Å². The molecule has 0 aliphatic heterocycles. The van der Waals surface area contributed by atoms with Crippen molar-refractivity contribution in [3.63, 3.8) is 0 Å². The van der Waals surface area contributed by atoms with Crippen LogP contribution in [-0.4, -0.2) is 4.98 Å². The van der Waals surface area contributed by atoms with Crippen LogP contribution in [0.5, 0.6) is 0 Å². The number of aromatic nitrogens is 1. The lowest BCUT2D eigenvalue weighted by atomic mass is 10.2. The highest BCUT2D eigenvalue weighted by molar-refractivity contribution is 9.10. The van der Waals surface area contributed by atoms with Crippen LogP contribution in [0.25, 0.3) is 20.8 Å². The summed E-state index contributed by atoms with van der Waals surface area (Å²) in [6.45, 7) is 0. The number of halogens is 3. The van der Waals surface area contributed by atoms with Gasteiger partial charge in [0.2, 0.25) is 0 Å². The molecule has 0 fully saturated rings. The van der Waals surface area contributed by atoms with Crippen molar-refractivity contribution in [2.45, 2.75) is 5.33 Å². The molecule has 2 aromatic carbocycles. The molecular weight excluding hydrogens is 409 g/mol. The summed E-state index contributed by atoms with van der Waals surface area (Å²) in [5, 5.41) is 2.53. The van der Waals surface area contributed by atoms with Crippen LogP contribution in [0.2, 0.25) is 5.02 Å². The van der Waals surface area contributed by atoms with E-state index in [0.717, 1.165) is 30.9 Å². The highest BCUT2D eigenvalue weighted by Gasteiger charge is 2.10. The van der Waals surface area contributed by atoms with E-state index in [2.05, 4.69) is 55.0 Å². The van der Waals surface area contributed by atoms with E-state index in [1.807, 2.05) is 18.2 Å². The SMILES string of the molecule is Clc1ccc(Br)cc1-c1nc2ccc(CBr)cc2s1. The number of hydrogen-bond acceptors (Lipinski definition) is 2. The van der Waals surface area contributed by atoms with Crippen molar-refractivity contribution >= 4 is 65.0 Å². The molecule has 96 valence electrons. The minimum atomic E-state index is 0.725. The van der Waals surface area contributed by atoms with Gasteiger partial charge in [-0.05, 0) is 35.9 Å². The highest BCUT2D eigenvalue weighted by atomic mass is 79.9. The normalized spacial score (nSPS) is 11.1. The summed E-state index contributed by atoms with van der Waals surface area (Å²) in [7, 11) is 0. The van der Waals surface area contributed by atoms with Gasteiger partial charge in [0.15, 0.2) is 0 Å². The van der Waals surface area contributed by atoms with Crippen LogP contribution in [0.4, 0.5) is 0 Å². The first-order chi connectivity index (χ1) is 9.17. The molecule has 0 saturated heterocycles. The van der Waals surface area contributed by atoms with Crippen LogP contribution < -0.4 is 0 Å². The van der Waals surface area contributed by atoms with Crippen molar-refractivity contribution in [2.24, 2.45) is 0 Å². The third-order valence-corrected chi connectivity index (χ3v) is 5.29. The number of nitrogens with zero attached hydrogens (tertiary/aromatic N) is 1. The van der Waals surface area contributed by atoms with E-state index < -0.39 is 0 Å². The minimum absolute atomic E-state index is 0.725. The lowest BCUT2D eigenvalue weighted by molar-refractivity contribution is 1.43. The fourth-order valence-electron chi connectivity index (χ4n) is 1.83. The van der Waals surface area contributed by atoms with Crippen LogP contribution in [0.1, 0.15) is 5.56 Å². The van der Waals surface area contributed by atoms with Crippen LogP contribution in [0.3, 0.4) is 0 Å². The molecule has 0 spiro atoms. The maximum absolute atomic E-state index is 6.26. The maximum atomic E-state index is 6.26. The molecule has 3 rings (SSSR count). The second-order valence-electron chi connectivity index (χ2n) is 4.08. The molecule has 0 unspecified atom stereocenters. The Labute approximate surface area is 136 Å². The maximum Gasteiger partial charge on any atom is 0.126 e. The van der Waals surface area contributed by atoms with Gasteiger partial charge in [-0.1, -0.05) is 49.5 Å². The molecule has 0 saturated carbocycles. The summed E-state index contributed by atoms with van der Waals surface area (Å²) in [6, 6.07) is 12.1. The van der Waals surface area contributed by atoms with Gasteiger partial charge in [-0.25, -0.2) is 4.98 Å². The van der Waals surface area contributed by atoms with E-state index in [4.69, 9.17) is 11.6 Å². The van der Waals surface area contributed by atoms with Gasteiger partial charge >= 0.3 is 0 Å². The van der Waals surface area contributed by atoms with Crippen molar-refractivity contribution in [1.82, 2.24) is 4.98 Å². The second-order valence-corrected chi connectivity index (χ2v) is 6.99. The summed E-state index contributed by atoms with van der Waals surface area (Å²) in [4.78, 5) is 4.66. The molecule has 0 aliphatic carbocycles. The van der Waals surface area contributed by atoms with Gasteiger partial charge in [-0.15, -0.1) is 11.3 Å². The van der Waals surface area contributed by atoms with Gasteiger partial charge in [0.05, 0.1) is 15.2 Å². The summed E-state index contributed by atoms with van der Waals surface area (Å²) < 4.78 is 2.19. The van der Waals surface area contributed by atoms with Crippen LogP contribution in [0, 0.1) is 0 Å². The first-order valence-electron chi connectivity index (χ1n) is 5.58. The van der Waals surface area contributed by atoms with Gasteiger partial charge in [-0.2, -0.15) is 0 Å². The zero-order valence-corrected chi connectivity index (χ0v) is 14.4. The minimum Gasteiger partial charge on any atom is -0.236 e. The lowest BCUT2D eigenvalue weighted by Crippen LogP contribution is -1.78. The van der Waals surface area contributed by atoms with E-state index >= 15 is 0 Å². The Bertz CT molecular complexity index is 754. The van der Waals surface area contributed by atoms with E-state index in [0.29, 0.717) is 0 Å². The molecule has 0 atom stereocenters. The van der Waals surface area contributed by atoms with Gasteiger partial charge in [0, 0.05) is 15.4 Å². The summed E-state index contributed by atoms with van der Waals surface area (Å²) in [5.74, 6) is 0. The molecule has 1 aromatic heterocycles. The van der Waals surface area contributed by atoms with Crippen molar-refractivity contribution in [3.8, 4) is 10.6 Å². The number of rotatable bonds is 2.